The predicted octanol–water partition coefficient (Wildman–Crippen LogP) is 3.33. The Kier molecular flexibility index (Phi) is 4.47. The van der Waals surface area contributed by atoms with E-state index in [0.29, 0.717) is 23.4 Å². The van der Waals surface area contributed by atoms with Gasteiger partial charge in [-0.3, -0.25) is 9.69 Å². The summed E-state index contributed by atoms with van der Waals surface area (Å²) < 4.78 is 0. The molecule has 3 rings (SSSR count). The van der Waals surface area contributed by atoms with Crippen LogP contribution in [-0.4, -0.2) is 35.0 Å². The molecule has 2 bridgehead atoms. The third-order valence-electron chi connectivity index (χ3n) is 5.76. The van der Waals surface area contributed by atoms with E-state index < -0.39 is 0 Å². The van der Waals surface area contributed by atoms with Crippen LogP contribution in [-0.2, 0) is 11.4 Å². The Balaban J connectivity index is 1.66. The lowest BCUT2D eigenvalue weighted by molar-refractivity contribution is -0.117. The molecule has 1 amide bonds. The highest BCUT2D eigenvalue weighted by molar-refractivity contribution is 5.93. The van der Waals surface area contributed by atoms with Gasteiger partial charge in [-0.05, 0) is 54.2 Å². The molecule has 2 N–H and O–H groups in total. The average molecular weight is 330 g/mol. The molecule has 4 heteroatoms. The number of likely N-dealkylation sites (tertiary alicyclic amines) is 1. The zero-order valence-electron chi connectivity index (χ0n) is 15.4. The lowest BCUT2D eigenvalue weighted by Gasteiger charge is -2.39. The molecule has 0 spiro atoms. The number of amides is 1. The normalized spacial score (nSPS) is 28.8. The lowest BCUT2D eigenvalue weighted by Crippen LogP contribution is -2.38. The minimum Gasteiger partial charge on any atom is -0.392 e. The molecule has 1 aromatic rings. The van der Waals surface area contributed by atoms with E-state index in [0.717, 1.165) is 23.4 Å². The maximum atomic E-state index is 12.6. The molecule has 4 nitrogen and oxygen atoms in total. The monoisotopic (exact) mass is 330 g/mol. The molecular weight excluding hydrogens is 300 g/mol. The van der Waals surface area contributed by atoms with Crippen LogP contribution in [0.5, 0.6) is 0 Å². The Morgan fingerprint density at radius 1 is 1.33 bits per heavy atom. The smallest absolute Gasteiger partial charge is 0.238 e. The molecule has 1 saturated heterocycles. The molecule has 0 aromatic heterocycles. The van der Waals surface area contributed by atoms with Crippen molar-refractivity contribution >= 4 is 11.6 Å². The highest BCUT2D eigenvalue weighted by atomic mass is 16.3. The molecule has 2 unspecified atom stereocenters. The Morgan fingerprint density at radius 2 is 2.08 bits per heavy atom. The quantitative estimate of drug-likeness (QED) is 0.890. The fourth-order valence-corrected chi connectivity index (χ4v) is 5.13. The van der Waals surface area contributed by atoms with Crippen molar-refractivity contribution in [2.24, 2.45) is 10.8 Å². The van der Waals surface area contributed by atoms with Crippen molar-refractivity contribution in [2.75, 3.05) is 18.4 Å². The van der Waals surface area contributed by atoms with E-state index in [1.807, 2.05) is 25.1 Å². The van der Waals surface area contributed by atoms with Gasteiger partial charge in [0.25, 0.3) is 0 Å². The zero-order valence-corrected chi connectivity index (χ0v) is 15.4. The van der Waals surface area contributed by atoms with Crippen LogP contribution in [0.1, 0.15) is 51.2 Å². The van der Waals surface area contributed by atoms with Gasteiger partial charge >= 0.3 is 0 Å². The number of aliphatic hydroxyl groups excluding tert-OH is 1. The van der Waals surface area contributed by atoms with Crippen LogP contribution in [0, 0.1) is 17.8 Å². The van der Waals surface area contributed by atoms with Gasteiger partial charge in [0.2, 0.25) is 5.91 Å². The van der Waals surface area contributed by atoms with Gasteiger partial charge in [-0.2, -0.15) is 0 Å². The van der Waals surface area contributed by atoms with Crippen LogP contribution in [0.3, 0.4) is 0 Å². The summed E-state index contributed by atoms with van der Waals surface area (Å²) in [5.41, 5.74) is 3.33. The van der Waals surface area contributed by atoms with Crippen molar-refractivity contribution in [3.05, 3.63) is 29.3 Å². The molecule has 1 aliphatic heterocycles. The van der Waals surface area contributed by atoms with Gasteiger partial charge < -0.3 is 10.4 Å². The molecule has 2 aliphatic rings. The lowest BCUT2D eigenvalue weighted by atomic mass is 9.65. The Bertz CT molecular complexity index is 641. The van der Waals surface area contributed by atoms with Gasteiger partial charge in [0, 0.05) is 18.3 Å². The molecule has 1 heterocycles. The molecule has 2 atom stereocenters. The summed E-state index contributed by atoms with van der Waals surface area (Å²) in [5, 5.41) is 12.4. The van der Waals surface area contributed by atoms with Gasteiger partial charge in [-0.25, -0.2) is 0 Å². The topological polar surface area (TPSA) is 52.6 Å². The van der Waals surface area contributed by atoms with Crippen LogP contribution >= 0.6 is 0 Å². The SMILES string of the molecule is Cc1c(CO)cccc1NC(=O)CN1CC2(C)CC1CC(C)(C)C2. The number of carbonyl (C=O) groups excluding carboxylic acids is 1. The molecular formula is C20H30N2O2. The minimum absolute atomic E-state index is 0.00280. The summed E-state index contributed by atoms with van der Waals surface area (Å²) in [7, 11) is 0. The second kappa shape index (κ2) is 6.16. The number of benzene rings is 1. The number of anilines is 1. The van der Waals surface area contributed by atoms with E-state index >= 15 is 0 Å². The number of fused-ring (bicyclic) bond motifs is 2. The van der Waals surface area contributed by atoms with Crippen LogP contribution in [0.25, 0.3) is 0 Å². The van der Waals surface area contributed by atoms with E-state index in [9.17, 15) is 9.90 Å². The van der Waals surface area contributed by atoms with Crippen molar-refractivity contribution in [2.45, 2.75) is 59.6 Å². The van der Waals surface area contributed by atoms with Crippen molar-refractivity contribution < 1.29 is 9.90 Å². The summed E-state index contributed by atoms with van der Waals surface area (Å²) >= 11 is 0. The fourth-order valence-electron chi connectivity index (χ4n) is 5.13. The van der Waals surface area contributed by atoms with Gasteiger partial charge in [-0.15, -0.1) is 0 Å². The highest BCUT2D eigenvalue weighted by Gasteiger charge is 2.49. The van der Waals surface area contributed by atoms with Crippen molar-refractivity contribution in [1.82, 2.24) is 4.90 Å². The average Bonchev–Trinajstić information content (AvgIpc) is 2.69. The van der Waals surface area contributed by atoms with Crippen molar-refractivity contribution in [3.8, 4) is 0 Å². The third-order valence-corrected chi connectivity index (χ3v) is 5.76. The second-order valence-electron chi connectivity index (χ2n) is 8.91. The molecule has 1 saturated carbocycles. The van der Waals surface area contributed by atoms with Crippen molar-refractivity contribution in [3.63, 3.8) is 0 Å². The predicted molar refractivity (Wildman–Crippen MR) is 96.8 cm³/mol. The third kappa shape index (κ3) is 3.50. The number of nitrogens with zero attached hydrogens (tertiary/aromatic N) is 1. The van der Waals surface area contributed by atoms with Crippen LogP contribution in [0.4, 0.5) is 5.69 Å². The van der Waals surface area contributed by atoms with E-state index in [-0.39, 0.29) is 12.5 Å². The Labute approximate surface area is 145 Å². The molecule has 132 valence electrons. The van der Waals surface area contributed by atoms with E-state index in [2.05, 4.69) is 31.0 Å². The number of carbonyl (C=O) groups is 1. The van der Waals surface area contributed by atoms with Gasteiger partial charge in [-0.1, -0.05) is 32.9 Å². The van der Waals surface area contributed by atoms with Crippen LogP contribution in [0.2, 0.25) is 0 Å². The first-order chi connectivity index (χ1) is 11.2. The first-order valence-electron chi connectivity index (χ1n) is 8.95. The van der Waals surface area contributed by atoms with Crippen LogP contribution < -0.4 is 5.32 Å². The first kappa shape index (κ1) is 17.4. The van der Waals surface area contributed by atoms with Crippen molar-refractivity contribution in [1.29, 1.82) is 0 Å². The number of aliphatic hydroxyl groups is 1. The van der Waals surface area contributed by atoms with E-state index in [1.165, 1.54) is 19.3 Å². The zero-order chi connectivity index (χ0) is 17.5. The maximum absolute atomic E-state index is 12.6. The number of hydrogen-bond acceptors (Lipinski definition) is 3. The summed E-state index contributed by atoms with van der Waals surface area (Å²) in [5.74, 6) is 0.0437. The standard InChI is InChI=1S/C20H30N2O2/c1-14-15(11-23)6-5-7-17(14)21-18(24)10-22-13-20(4)9-16(22)8-19(2,3)12-20/h5-7,16,23H,8-13H2,1-4H3,(H,21,24). The molecule has 0 radical (unpaired) electrons. The molecule has 1 aliphatic carbocycles. The van der Waals surface area contributed by atoms with E-state index in [1.54, 1.807) is 0 Å². The summed E-state index contributed by atoms with van der Waals surface area (Å²) in [6.07, 6.45) is 3.63. The molecule has 1 aromatic carbocycles. The van der Waals surface area contributed by atoms with Crippen LogP contribution in [0.15, 0.2) is 18.2 Å². The molecule has 2 fully saturated rings. The fraction of sp³-hybridized carbons (Fsp3) is 0.650. The highest BCUT2D eigenvalue weighted by Crippen LogP contribution is 2.52. The first-order valence-corrected chi connectivity index (χ1v) is 8.95. The maximum Gasteiger partial charge on any atom is 0.238 e. The van der Waals surface area contributed by atoms with Gasteiger partial charge in [0.05, 0.1) is 13.2 Å². The van der Waals surface area contributed by atoms with E-state index in [4.69, 9.17) is 0 Å². The number of nitrogens with one attached hydrogen (secondary N) is 1. The number of hydrogen-bond donors (Lipinski definition) is 2. The minimum atomic E-state index is -0.00280. The summed E-state index contributed by atoms with van der Waals surface area (Å²) in [4.78, 5) is 14.9. The van der Waals surface area contributed by atoms with Gasteiger partial charge in [0.15, 0.2) is 0 Å². The largest absolute Gasteiger partial charge is 0.392 e. The molecule has 24 heavy (non-hydrogen) atoms. The van der Waals surface area contributed by atoms with Gasteiger partial charge in [0.1, 0.15) is 0 Å². The Morgan fingerprint density at radius 3 is 2.79 bits per heavy atom. The second-order valence-corrected chi connectivity index (χ2v) is 8.91. The summed E-state index contributed by atoms with van der Waals surface area (Å²) in [6.45, 7) is 10.5. The number of rotatable bonds is 4. The Hall–Kier alpha value is -1.39. The summed E-state index contributed by atoms with van der Waals surface area (Å²) in [6, 6.07) is 6.19.